The van der Waals surface area contributed by atoms with Gasteiger partial charge in [-0.15, -0.1) is 12.4 Å². The van der Waals surface area contributed by atoms with Gasteiger partial charge in [-0.3, -0.25) is 9.59 Å². The van der Waals surface area contributed by atoms with E-state index in [0.29, 0.717) is 31.1 Å². The summed E-state index contributed by atoms with van der Waals surface area (Å²) in [6.45, 7) is 5.07. The van der Waals surface area contributed by atoms with Gasteiger partial charge in [-0.05, 0) is 25.5 Å². The number of hydrogen-bond acceptors (Lipinski definition) is 5. The number of aromatic nitrogens is 2. The summed E-state index contributed by atoms with van der Waals surface area (Å²) in [6.07, 6.45) is 0.495. The van der Waals surface area contributed by atoms with Crippen LogP contribution in [0.5, 0.6) is 0 Å². The molecule has 0 unspecified atom stereocenters. The van der Waals surface area contributed by atoms with Crippen LogP contribution in [0.25, 0.3) is 11.4 Å². The fourth-order valence-corrected chi connectivity index (χ4v) is 2.82. The van der Waals surface area contributed by atoms with Crippen molar-refractivity contribution < 1.29 is 9.53 Å². The number of aryl methyl sites for hydroxylation is 1. The maximum atomic E-state index is 12.5. The fourth-order valence-electron chi connectivity index (χ4n) is 2.82. The van der Waals surface area contributed by atoms with Crippen molar-refractivity contribution in [3.8, 4) is 11.4 Å². The molecule has 0 spiro atoms. The lowest BCUT2D eigenvalue weighted by Crippen LogP contribution is -2.53. The molecule has 8 heteroatoms. The zero-order valence-corrected chi connectivity index (χ0v) is 15.6. The summed E-state index contributed by atoms with van der Waals surface area (Å²) in [5, 5.41) is 6.06. The van der Waals surface area contributed by atoms with Crippen molar-refractivity contribution >= 4 is 24.0 Å². The highest BCUT2D eigenvalue weighted by Crippen LogP contribution is 2.19. The third kappa shape index (κ3) is 4.69. The first-order chi connectivity index (χ1) is 12.1. The first kappa shape index (κ1) is 20.1. The van der Waals surface area contributed by atoms with Crippen LogP contribution in [0.2, 0.25) is 0 Å². The highest BCUT2D eigenvalue weighted by Gasteiger charge is 2.28. The zero-order chi connectivity index (χ0) is 17.8. The number of benzene rings is 1. The Morgan fingerprint density at radius 1 is 1.38 bits per heavy atom. The minimum atomic E-state index is -0.390. The van der Waals surface area contributed by atoms with Crippen molar-refractivity contribution in [1.82, 2.24) is 15.3 Å². The topological polar surface area (TPSA) is 96.1 Å². The van der Waals surface area contributed by atoms with E-state index >= 15 is 0 Å². The minimum Gasteiger partial charge on any atom is -0.375 e. The molecule has 0 radical (unpaired) electrons. The molecule has 1 amide bonds. The lowest BCUT2D eigenvalue weighted by atomic mass is 10.1. The number of amides is 1. The Balaban J connectivity index is 0.00000243. The molecule has 2 atom stereocenters. The van der Waals surface area contributed by atoms with Gasteiger partial charge in [0.05, 0.1) is 12.7 Å². The number of rotatable bonds is 4. The van der Waals surface area contributed by atoms with Crippen molar-refractivity contribution in [3.63, 3.8) is 0 Å². The monoisotopic (exact) mass is 378 g/mol. The van der Waals surface area contributed by atoms with Gasteiger partial charge in [-0.1, -0.05) is 19.1 Å². The number of morpholine rings is 1. The van der Waals surface area contributed by atoms with Crippen LogP contribution in [0, 0.1) is 0 Å². The number of aromatic amines is 1. The van der Waals surface area contributed by atoms with Crippen LogP contribution in [-0.2, 0) is 16.0 Å². The van der Waals surface area contributed by atoms with Gasteiger partial charge < -0.3 is 20.4 Å². The molecule has 0 saturated carbocycles. The molecule has 0 bridgehead atoms. The molecule has 1 aromatic carbocycles. The fraction of sp³-hybridized carbons (Fsp3) is 0.389. The molecule has 1 aliphatic rings. The molecule has 3 N–H and O–H groups in total. The Morgan fingerprint density at radius 3 is 2.92 bits per heavy atom. The first-order valence-corrected chi connectivity index (χ1v) is 8.43. The maximum absolute atomic E-state index is 12.5. The van der Waals surface area contributed by atoms with E-state index in [1.807, 2.05) is 26.0 Å². The van der Waals surface area contributed by atoms with Crippen LogP contribution in [0.15, 0.2) is 35.1 Å². The van der Waals surface area contributed by atoms with E-state index < -0.39 is 6.04 Å². The number of carbonyl (C=O) groups is 1. The molecule has 1 aliphatic heterocycles. The van der Waals surface area contributed by atoms with Crippen molar-refractivity contribution in [1.29, 1.82) is 0 Å². The van der Waals surface area contributed by atoms with E-state index in [0.717, 1.165) is 11.3 Å². The quantitative estimate of drug-likeness (QED) is 0.753. The molecule has 0 aliphatic carbocycles. The molecule has 7 nitrogen and oxygen atoms in total. The number of hydrogen-bond donors (Lipinski definition) is 3. The maximum Gasteiger partial charge on any atom is 0.251 e. The molecule has 26 heavy (non-hydrogen) atoms. The van der Waals surface area contributed by atoms with Gasteiger partial charge in [0.1, 0.15) is 11.9 Å². The predicted octanol–water partition coefficient (Wildman–Crippen LogP) is 1.74. The van der Waals surface area contributed by atoms with Crippen LogP contribution >= 0.6 is 12.4 Å². The summed E-state index contributed by atoms with van der Waals surface area (Å²) in [5.74, 6) is 0.348. The van der Waals surface area contributed by atoms with Gasteiger partial charge >= 0.3 is 0 Å². The second-order valence-corrected chi connectivity index (χ2v) is 6.02. The van der Waals surface area contributed by atoms with Gasteiger partial charge in [0, 0.05) is 29.6 Å². The minimum absolute atomic E-state index is 0. The Bertz CT molecular complexity index is 824. The smallest absolute Gasteiger partial charge is 0.251 e. The summed E-state index contributed by atoms with van der Waals surface area (Å²) in [7, 11) is 0. The van der Waals surface area contributed by atoms with Gasteiger partial charge in [-0.25, -0.2) is 4.98 Å². The standard InChI is InChI=1S/C18H22N4O3.ClH/c1-3-13-10-15(23)22-17(20-13)12-5-4-6-14(9-12)21-18(24)16-11(2)25-8-7-19-16;/h4-6,9-11,16,19H,3,7-8H2,1-2H3,(H,21,24)(H,20,22,23);1H/t11-,16+;/m1./s1. The molecular formula is C18H23ClN4O3. The van der Waals surface area contributed by atoms with Crippen LogP contribution in [-0.4, -0.2) is 41.2 Å². The molecule has 2 heterocycles. The van der Waals surface area contributed by atoms with E-state index in [4.69, 9.17) is 4.74 Å². The summed E-state index contributed by atoms with van der Waals surface area (Å²) in [4.78, 5) is 31.4. The number of ether oxygens (including phenoxy) is 1. The molecule has 2 aromatic rings. The Hall–Kier alpha value is -2.22. The van der Waals surface area contributed by atoms with E-state index in [1.54, 1.807) is 12.1 Å². The van der Waals surface area contributed by atoms with Crippen LogP contribution in [0.3, 0.4) is 0 Å². The van der Waals surface area contributed by atoms with Gasteiger partial charge in [0.2, 0.25) is 5.91 Å². The SMILES string of the molecule is CCc1cc(=O)[nH]c(-c2cccc(NC(=O)[C@H]3NCCO[C@@H]3C)c2)n1.Cl. The van der Waals surface area contributed by atoms with Gasteiger partial charge in [0.25, 0.3) is 5.56 Å². The number of nitrogens with zero attached hydrogens (tertiary/aromatic N) is 1. The Kier molecular flexibility index (Phi) is 6.90. The molecule has 3 rings (SSSR count). The Labute approximate surface area is 158 Å². The number of nitrogens with one attached hydrogen (secondary N) is 3. The van der Waals surface area contributed by atoms with Crippen molar-refractivity contribution in [3.05, 3.63) is 46.4 Å². The number of anilines is 1. The third-order valence-electron chi connectivity index (χ3n) is 4.16. The molecule has 1 fully saturated rings. The summed E-state index contributed by atoms with van der Waals surface area (Å²) in [5.41, 5.74) is 1.93. The summed E-state index contributed by atoms with van der Waals surface area (Å²) in [6, 6.07) is 8.36. The van der Waals surface area contributed by atoms with Crippen LogP contribution in [0.1, 0.15) is 19.5 Å². The molecule has 140 valence electrons. The average molecular weight is 379 g/mol. The number of carbonyl (C=O) groups excluding carboxylic acids is 1. The average Bonchev–Trinajstić information content (AvgIpc) is 2.61. The highest BCUT2D eigenvalue weighted by molar-refractivity contribution is 5.95. The van der Waals surface area contributed by atoms with E-state index in [-0.39, 0.29) is 30.0 Å². The van der Waals surface area contributed by atoms with Crippen LogP contribution < -0.4 is 16.2 Å². The first-order valence-electron chi connectivity index (χ1n) is 8.43. The van der Waals surface area contributed by atoms with Crippen molar-refractivity contribution in [2.45, 2.75) is 32.4 Å². The normalized spacial score (nSPS) is 19.5. The molecule has 1 aromatic heterocycles. The van der Waals surface area contributed by atoms with E-state index in [2.05, 4.69) is 20.6 Å². The lowest BCUT2D eigenvalue weighted by molar-refractivity contribution is -0.123. The number of halogens is 1. The Morgan fingerprint density at radius 2 is 2.19 bits per heavy atom. The molecule has 1 saturated heterocycles. The highest BCUT2D eigenvalue weighted by atomic mass is 35.5. The molecular weight excluding hydrogens is 356 g/mol. The summed E-state index contributed by atoms with van der Waals surface area (Å²) >= 11 is 0. The third-order valence-corrected chi connectivity index (χ3v) is 4.16. The number of H-pyrrole nitrogens is 1. The van der Waals surface area contributed by atoms with E-state index in [9.17, 15) is 9.59 Å². The van der Waals surface area contributed by atoms with Crippen molar-refractivity contribution in [2.75, 3.05) is 18.5 Å². The van der Waals surface area contributed by atoms with Gasteiger partial charge in [0.15, 0.2) is 0 Å². The van der Waals surface area contributed by atoms with Gasteiger partial charge in [-0.2, -0.15) is 0 Å². The second-order valence-electron chi connectivity index (χ2n) is 6.02. The lowest BCUT2D eigenvalue weighted by Gasteiger charge is -2.29. The zero-order valence-electron chi connectivity index (χ0n) is 14.7. The van der Waals surface area contributed by atoms with Crippen LogP contribution in [0.4, 0.5) is 5.69 Å². The largest absolute Gasteiger partial charge is 0.375 e. The van der Waals surface area contributed by atoms with Crippen molar-refractivity contribution in [2.24, 2.45) is 0 Å². The predicted molar refractivity (Wildman–Crippen MR) is 103 cm³/mol. The summed E-state index contributed by atoms with van der Waals surface area (Å²) < 4.78 is 5.51. The van der Waals surface area contributed by atoms with E-state index in [1.165, 1.54) is 6.07 Å². The second kappa shape index (κ2) is 8.93.